The minimum Gasteiger partial charge on any atom is -0.493 e. The summed E-state index contributed by atoms with van der Waals surface area (Å²) in [5, 5.41) is 0.584. The number of carbonyl (C=O) groups is 1. The van der Waals surface area contributed by atoms with Crippen LogP contribution in [0, 0.1) is 0 Å². The highest BCUT2D eigenvalue weighted by Gasteiger charge is 2.34. The number of halogens is 1. The highest BCUT2D eigenvalue weighted by Crippen LogP contribution is 2.37. The van der Waals surface area contributed by atoms with Crippen molar-refractivity contribution in [3.8, 4) is 23.0 Å². The largest absolute Gasteiger partial charge is 0.493 e. The molecule has 0 aliphatic carbocycles. The second-order valence-electron chi connectivity index (χ2n) is 10.6. The number of aromatic nitrogens is 1. The molecule has 4 aromatic rings. The molecule has 0 radical (unpaired) electrons. The van der Waals surface area contributed by atoms with E-state index < -0.39 is 12.0 Å². The zero-order valence-electron chi connectivity index (χ0n) is 26.5. The number of ether oxygens (including phenoxy) is 5. The number of allylic oxidation sites excluding steroid dienone is 1. The maximum atomic E-state index is 14.3. The molecule has 46 heavy (non-hydrogen) atoms. The van der Waals surface area contributed by atoms with Crippen molar-refractivity contribution in [2.24, 2.45) is 4.99 Å². The molecule has 3 aromatic carbocycles. The monoisotopic (exact) mass is 662 g/mol. The summed E-state index contributed by atoms with van der Waals surface area (Å²) in [7, 11) is 3.10. The Hall–Kier alpha value is -4.54. The highest BCUT2D eigenvalue weighted by atomic mass is 35.5. The van der Waals surface area contributed by atoms with Gasteiger partial charge in [-0.3, -0.25) is 9.36 Å². The molecule has 1 atom stereocenters. The first kappa shape index (κ1) is 32.8. The predicted octanol–water partition coefficient (Wildman–Crippen LogP) is 5.84. The summed E-state index contributed by atoms with van der Waals surface area (Å²) in [6, 6.07) is 17.4. The van der Waals surface area contributed by atoms with Gasteiger partial charge < -0.3 is 23.7 Å². The molecule has 0 spiro atoms. The van der Waals surface area contributed by atoms with Gasteiger partial charge >= 0.3 is 5.97 Å². The van der Waals surface area contributed by atoms with E-state index in [1.807, 2.05) is 50.2 Å². The molecule has 1 aliphatic heterocycles. The van der Waals surface area contributed by atoms with Crippen LogP contribution in [0.2, 0.25) is 5.02 Å². The maximum absolute atomic E-state index is 14.3. The highest BCUT2D eigenvalue weighted by molar-refractivity contribution is 7.07. The van der Waals surface area contributed by atoms with Crippen LogP contribution in [0.4, 0.5) is 0 Å². The molecular formula is C35H35ClN2O7S. The Labute approximate surface area is 275 Å². The molecule has 0 fully saturated rings. The first-order chi connectivity index (χ1) is 22.2. The van der Waals surface area contributed by atoms with Gasteiger partial charge in [-0.25, -0.2) is 9.79 Å². The zero-order chi connectivity index (χ0) is 33.0. The number of hydrogen-bond donors (Lipinski definition) is 0. The smallest absolute Gasteiger partial charge is 0.338 e. The zero-order valence-corrected chi connectivity index (χ0v) is 28.0. The van der Waals surface area contributed by atoms with Crippen LogP contribution in [0.15, 0.2) is 81.7 Å². The lowest BCUT2D eigenvalue weighted by atomic mass is 9.95. The standard InChI is InChI=1S/C35H35ClN2O7S/c1-7-43-34(40)30-21(4)37-35-38(31(30)22-15-16-26(45-20(2)3)28(17-22)42-6)33(39)29(46-35)18-23-12-10-14-27(41-5)32(23)44-19-24-11-8-9-13-25(24)36/h8-18,20,31H,7,19H2,1-6H3/b29-18+/t31-/m1/s1. The minimum absolute atomic E-state index is 0.0789. The number of thiazole rings is 1. The van der Waals surface area contributed by atoms with Crippen molar-refractivity contribution in [3.05, 3.63) is 113 Å². The van der Waals surface area contributed by atoms with Crippen molar-refractivity contribution in [1.29, 1.82) is 0 Å². The normalized spacial score (nSPS) is 14.5. The van der Waals surface area contributed by atoms with Gasteiger partial charge in [0.05, 0.1) is 48.8 Å². The van der Waals surface area contributed by atoms with Gasteiger partial charge in [0, 0.05) is 16.1 Å². The van der Waals surface area contributed by atoms with Crippen LogP contribution in [0.25, 0.3) is 6.08 Å². The van der Waals surface area contributed by atoms with Gasteiger partial charge in [-0.05, 0) is 63.6 Å². The first-order valence-corrected chi connectivity index (χ1v) is 15.9. The number of rotatable bonds is 11. The number of para-hydroxylation sites is 1. The van der Waals surface area contributed by atoms with Crippen LogP contribution in [0.5, 0.6) is 23.0 Å². The van der Waals surface area contributed by atoms with Crippen molar-refractivity contribution in [2.45, 2.75) is 46.4 Å². The lowest BCUT2D eigenvalue weighted by molar-refractivity contribution is -0.139. The Balaban J connectivity index is 1.66. The van der Waals surface area contributed by atoms with E-state index in [0.29, 0.717) is 54.2 Å². The fourth-order valence-electron chi connectivity index (χ4n) is 5.18. The van der Waals surface area contributed by atoms with Crippen LogP contribution >= 0.6 is 22.9 Å². The van der Waals surface area contributed by atoms with Crippen LogP contribution < -0.4 is 33.8 Å². The van der Waals surface area contributed by atoms with E-state index in [-0.39, 0.29) is 30.5 Å². The van der Waals surface area contributed by atoms with Gasteiger partial charge in [0.1, 0.15) is 6.61 Å². The number of fused-ring (bicyclic) bond motifs is 1. The molecule has 240 valence electrons. The Bertz CT molecular complexity index is 1980. The third-order valence-corrected chi connectivity index (χ3v) is 8.58. The summed E-state index contributed by atoms with van der Waals surface area (Å²) in [4.78, 5) is 32.7. The Morgan fingerprint density at radius 3 is 2.50 bits per heavy atom. The van der Waals surface area contributed by atoms with E-state index in [1.165, 1.54) is 15.9 Å². The predicted molar refractivity (Wildman–Crippen MR) is 178 cm³/mol. The van der Waals surface area contributed by atoms with Gasteiger partial charge in [0.2, 0.25) is 0 Å². The third kappa shape index (κ3) is 6.68. The average molecular weight is 663 g/mol. The second-order valence-corrected chi connectivity index (χ2v) is 12.1. The molecule has 0 saturated heterocycles. The fraction of sp³-hybridized carbons (Fsp3) is 0.286. The van der Waals surface area contributed by atoms with E-state index in [2.05, 4.69) is 4.99 Å². The third-order valence-electron chi connectivity index (χ3n) is 7.23. The molecule has 0 saturated carbocycles. The van der Waals surface area contributed by atoms with E-state index in [0.717, 1.165) is 5.56 Å². The summed E-state index contributed by atoms with van der Waals surface area (Å²) in [6.07, 6.45) is 1.67. The molecule has 0 unspecified atom stereocenters. The number of esters is 1. The molecule has 1 aromatic heterocycles. The second kappa shape index (κ2) is 14.3. The number of methoxy groups -OCH3 is 2. The van der Waals surface area contributed by atoms with E-state index in [9.17, 15) is 9.59 Å². The van der Waals surface area contributed by atoms with Gasteiger partial charge in [-0.1, -0.05) is 59.3 Å². The average Bonchev–Trinajstić information content (AvgIpc) is 3.34. The van der Waals surface area contributed by atoms with Gasteiger partial charge in [0.15, 0.2) is 27.8 Å². The quantitative estimate of drug-likeness (QED) is 0.186. The first-order valence-electron chi connectivity index (χ1n) is 14.7. The Kier molecular flexibility index (Phi) is 10.2. The summed E-state index contributed by atoms with van der Waals surface area (Å²) in [6.45, 7) is 7.69. The minimum atomic E-state index is -0.819. The van der Waals surface area contributed by atoms with Crippen LogP contribution in [0.1, 0.15) is 50.4 Å². The van der Waals surface area contributed by atoms with Crippen LogP contribution in [-0.2, 0) is 16.1 Å². The van der Waals surface area contributed by atoms with E-state index in [1.54, 1.807) is 58.4 Å². The van der Waals surface area contributed by atoms with E-state index >= 15 is 0 Å². The number of hydrogen-bond acceptors (Lipinski definition) is 9. The molecule has 11 heteroatoms. The topological polar surface area (TPSA) is 97.6 Å². The number of benzene rings is 3. The maximum Gasteiger partial charge on any atom is 0.338 e. The summed E-state index contributed by atoms with van der Waals surface area (Å²) < 4.78 is 30.7. The van der Waals surface area contributed by atoms with Crippen LogP contribution in [-0.4, -0.2) is 37.5 Å². The summed E-state index contributed by atoms with van der Waals surface area (Å²) in [5.74, 6) is 1.44. The van der Waals surface area contributed by atoms with Gasteiger partial charge in [-0.2, -0.15) is 0 Å². The molecular weight excluding hydrogens is 628 g/mol. The molecule has 9 nitrogen and oxygen atoms in total. The molecule has 2 heterocycles. The van der Waals surface area contributed by atoms with E-state index in [4.69, 9.17) is 35.3 Å². The van der Waals surface area contributed by atoms with Crippen molar-refractivity contribution in [1.82, 2.24) is 4.57 Å². The summed E-state index contributed by atoms with van der Waals surface area (Å²) in [5.41, 5.74) is 2.48. The number of nitrogens with zero attached hydrogens (tertiary/aromatic N) is 2. The molecule has 0 N–H and O–H groups in total. The molecule has 0 bridgehead atoms. The fourth-order valence-corrected chi connectivity index (χ4v) is 6.41. The molecule has 5 rings (SSSR count). The lowest BCUT2D eigenvalue weighted by Gasteiger charge is -2.25. The lowest BCUT2D eigenvalue weighted by Crippen LogP contribution is -2.40. The van der Waals surface area contributed by atoms with Crippen molar-refractivity contribution >= 4 is 35.0 Å². The van der Waals surface area contributed by atoms with Gasteiger partial charge in [-0.15, -0.1) is 0 Å². The van der Waals surface area contributed by atoms with Gasteiger partial charge in [0.25, 0.3) is 5.56 Å². The summed E-state index contributed by atoms with van der Waals surface area (Å²) >= 11 is 7.58. The SMILES string of the molecule is CCOC(=O)C1=C(C)N=c2s/c(=C/c3cccc(OC)c3OCc3ccccc3Cl)c(=O)n2[C@@H]1c1ccc(OC(C)C)c(OC)c1. The Morgan fingerprint density at radius 2 is 1.80 bits per heavy atom. The Morgan fingerprint density at radius 1 is 1.04 bits per heavy atom. The number of carbonyl (C=O) groups excluding carboxylic acids is 1. The van der Waals surface area contributed by atoms with Crippen molar-refractivity contribution in [3.63, 3.8) is 0 Å². The van der Waals surface area contributed by atoms with Crippen molar-refractivity contribution in [2.75, 3.05) is 20.8 Å². The van der Waals surface area contributed by atoms with Crippen LogP contribution in [0.3, 0.4) is 0 Å². The molecule has 1 aliphatic rings. The molecule has 0 amide bonds. The van der Waals surface area contributed by atoms with Crippen molar-refractivity contribution < 1.29 is 28.5 Å².